The zero-order chi connectivity index (χ0) is 15.3. The molecule has 114 valence electrons. The summed E-state index contributed by atoms with van der Waals surface area (Å²) < 4.78 is 0. The number of hydrogen-bond acceptors (Lipinski definition) is 3. The lowest BCUT2D eigenvalue weighted by Gasteiger charge is -2.24. The minimum Gasteiger partial charge on any atom is -0.392 e. The molecule has 2 unspecified atom stereocenters. The first-order chi connectivity index (χ1) is 9.40. The maximum atomic E-state index is 10.2. The second-order valence-corrected chi connectivity index (χ2v) is 5.85. The monoisotopic (exact) mass is 278 g/mol. The molecule has 0 spiro atoms. The number of aryl methyl sites for hydroxylation is 3. The molecule has 3 nitrogen and oxygen atoms in total. The van der Waals surface area contributed by atoms with E-state index in [1.807, 2.05) is 6.92 Å². The third-order valence-corrected chi connectivity index (χ3v) is 4.24. The summed E-state index contributed by atoms with van der Waals surface area (Å²) in [5.41, 5.74) is 4.67. The summed E-state index contributed by atoms with van der Waals surface area (Å²) in [6.45, 7) is 13.3. The molecule has 0 bridgehead atoms. The Morgan fingerprint density at radius 2 is 1.80 bits per heavy atom. The van der Waals surface area contributed by atoms with Gasteiger partial charge in [-0.2, -0.15) is 0 Å². The average Bonchev–Trinajstić information content (AvgIpc) is 2.36. The molecule has 1 aromatic heterocycles. The van der Waals surface area contributed by atoms with Gasteiger partial charge in [0.05, 0.1) is 6.10 Å². The topological polar surface area (TPSA) is 45.1 Å². The van der Waals surface area contributed by atoms with E-state index in [0.29, 0.717) is 12.5 Å². The van der Waals surface area contributed by atoms with Crippen LogP contribution in [0.15, 0.2) is 6.07 Å². The van der Waals surface area contributed by atoms with Crippen molar-refractivity contribution in [2.45, 2.75) is 66.5 Å². The van der Waals surface area contributed by atoms with E-state index < -0.39 is 0 Å². The molecule has 0 amide bonds. The van der Waals surface area contributed by atoms with Gasteiger partial charge in [0, 0.05) is 24.0 Å². The normalized spacial score (nSPS) is 14.6. The van der Waals surface area contributed by atoms with E-state index in [2.05, 4.69) is 51.0 Å². The second-order valence-electron chi connectivity index (χ2n) is 5.85. The molecular formula is C17H30N2O. The predicted octanol–water partition coefficient (Wildman–Crippen LogP) is 3.45. The summed E-state index contributed by atoms with van der Waals surface area (Å²) in [5.74, 6) is 0.382. The van der Waals surface area contributed by atoms with Gasteiger partial charge in [-0.05, 0) is 50.8 Å². The number of nitrogens with one attached hydrogen (secondary N) is 1. The summed E-state index contributed by atoms with van der Waals surface area (Å²) in [6, 6.07) is 2.34. The summed E-state index contributed by atoms with van der Waals surface area (Å²) in [5, 5.41) is 13.7. The van der Waals surface area contributed by atoms with Crippen molar-refractivity contribution in [1.82, 2.24) is 10.3 Å². The van der Waals surface area contributed by atoms with E-state index in [9.17, 15) is 5.11 Å². The molecule has 0 aromatic carbocycles. The summed E-state index contributed by atoms with van der Waals surface area (Å²) in [7, 11) is 0. The molecule has 20 heavy (non-hydrogen) atoms. The summed E-state index contributed by atoms with van der Waals surface area (Å²) in [6.07, 6.45) is 1.78. The number of aromatic nitrogens is 1. The van der Waals surface area contributed by atoms with Crippen LogP contribution in [-0.4, -0.2) is 22.7 Å². The first-order valence-corrected chi connectivity index (χ1v) is 7.76. The third kappa shape index (κ3) is 4.29. The lowest BCUT2D eigenvalue weighted by molar-refractivity contribution is 0.0988. The Hall–Kier alpha value is -0.930. The van der Waals surface area contributed by atoms with Gasteiger partial charge in [-0.3, -0.25) is 4.98 Å². The highest BCUT2D eigenvalue weighted by atomic mass is 16.3. The Morgan fingerprint density at radius 3 is 2.30 bits per heavy atom. The smallest absolute Gasteiger partial charge is 0.0692 e. The highest BCUT2D eigenvalue weighted by molar-refractivity contribution is 5.33. The molecule has 0 saturated heterocycles. The van der Waals surface area contributed by atoms with Crippen LogP contribution in [0.4, 0.5) is 0 Å². The van der Waals surface area contributed by atoms with Crippen molar-refractivity contribution in [1.29, 1.82) is 0 Å². The highest BCUT2D eigenvalue weighted by Crippen LogP contribution is 2.21. The number of rotatable bonds is 7. The molecule has 0 radical (unpaired) electrons. The van der Waals surface area contributed by atoms with Gasteiger partial charge in [-0.25, -0.2) is 0 Å². The van der Waals surface area contributed by atoms with Crippen LogP contribution in [0.1, 0.15) is 62.2 Å². The maximum absolute atomic E-state index is 10.2. The quantitative estimate of drug-likeness (QED) is 0.803. The van der Waals surface area contributed by atoms with E-state index >= 15 is 0 Å². The Kier molecular flexibility index (Phi) is 6.63. The van der Waals surface area contributed by atoms with Gasteiger partial charge in [0.25, 0.3) is 0 Å². The fourth-order valence-corrected chi connectivity index (χ4v) is 3.09. The number of pyridine rings is 1. The Morgan fingerprint density at radius 1 is 1.20 bits per heavy atom. The number of nitrogens with zero attached hydrogens (tertiary/aromatic N) is 1. The van der Waals surface area contributed by atoms with E-state index in [4.69, 9.17) is 0 Å². The SMILES string of the molecule is CCC(CC)C(O)CNC(C)c1c(C)cc(C)nc1C. The van der Waals surface area contributed by atoms with Crippen molar-refractivity contribution in [3.05, 3.63) is 28.6 Å². The van der Waals surface area contributed by atoms with Crippen LogP contribution in [0.3, 0.4) is 0 Å². The van der Waals surface area contributed by atoms with Crippen molar-refractivity contribution in [2.75, 3.05) is 6.54 Å². The Balaban J connectivity index is 2.70. The fourth-order valence-electron chi connectivity index (χ4n) is 3.09. The van der Waals surface area contributed by atoms with E-state index in [0.717, 1.165) is 24.2 Å². The summed E-state index contributed by atoms with van der Waals surface area (Å²) in [4.78, 5) is 4.55. The summed E-state index contributed by atoms with van der Waals surface area (Å²) >= 11 is 0. The lowest BCUT2D eigenvalue weighted by Crippen LogP contribution is -2.34. The molecule has 1 heterocycles. The zero-order valence-electron chi connectivity index (χ0n) is 13.8. The molecule has 0 aliphatic heterocycles. The van der Waals surface area contributed by atoms with Crippen LogP contribution in [0.5, 0.6) is 0 Å². The first-order valence-electron chi connectivity index (χ1n) is 7.76. The van der Waals surface area contributed by atoms with E-state index in [1.165, 1.54) is 11.1 Å². The van der Waals surface area contributed by atoms with Crippen LogP contribution < -0.4 is 5.32 Å². The molecule has 1 rings (SSSR count). The van der Waals surface area contributed by atoms with Crippen LogP contribution in [0, 0.1) is 26.7 Å². The number of aliphatic hydroxyl groups excluding tert-OH is 1. The van der Waals surface area contributed by atoms with E-state index in [1.54, 1.807) is 0 Å². The maximum Gasteiger partial charge on any atom is 0.0692 e. The molecule has 1 aromatic rings. The van der Waals surface area contributed by atoms with Gasteiger partial charge in [0.2, 0.25) is 0 Å². The fraction of sp³-hybridized carbons (Fsp3) is 0.706. The van der Waals surface area contributed by atoms with Crippen LogP contribution in [0.25, 0.3) is 0 Å². The molecule has 2 N–H and O–H groups in total. The largest absolute Gasteiger partial charge is 0.392 e. The molecule has 0 aliphatic rings. The van der Waals surface area contributed by atoms with Crippen LogP contribution in [-0.2, 0) is 0 Å². The van der Waals surface area contributed by atoms with Crippen molar-refractivity contribution in [2.24, 2.45) is 5.92 Å². The van der Waals surface area contributed by atoms with Gasteiger partial charge < -0.3 is 10.4 Å². The van der Waals surface area contributed by atoms with Crippen molar-refractivity contribution < 1.29 is 5.11 Å². The van der Waals surface area contributed by atoms with Crippen molar-refractivity contribution >= 4 is 0 Å². The van der Waals surface area contributed by atoms with Gasteiger partial charge in [-0.15, -0.1) is 0 Å². The number of aliphatic hydroxyl groups is 1. The Bertz CT molecular complexity index is 404. The Labute approximate surface area is 123 Å². The van der Waals surface area contributed by atoms with Crippen molar-refractivity contribution in [3.8, 4) is 0 Å². The van der Waals surface area contributed by atoms with Gasteiger partial charge in [0.15, 0.2) is 0 Å². The van der Waals surface area contributed by atoms with Gasteiger partial charge >= 0.3 is 0 Å². The molecule has 0 saturated carbocycles. The molecule has 3 heteroatoms. The highest BCUT2D eigenvalue weighted by Gasteiger charge is 2.18. The average molecular weight is 278 g/mol. The molecular weight excluding hydrogens is 248 g/mol. The molecule has 0 aliphatic carbocycles. The van der Waals surface area contributed by atoms with Crippen molar-refractivity contribution in [3.63, 3.8) is 0 Å². The predicted molar refractivity (Wildman–Crippen MR) is 84.9 cm³/mol. The van der Waals surface area contributed by atoms with Gasteiger partial charge in [0.1, 0.15) is 0 Å². The first kappa shape index (κ1) is 17.1. The minimum absolute atomic E-state index is 0.215. The second kappa shape index (κ2) is 7.75. The minimum atomic E-state index is -0.272. The third-order valence-electron chi connectivity index (χ3n) is 4.24. The van der Waals surface area contributed by atoms with Gasteiger partial charge in [-0.1, -0.05) is 26.7 Å². The van der Waals surface area contributed by atoms with Crippen LogP contribution in [0.2, 0.25) is 0 Å². The molecule has 2 atom stereocenters. The lowest BCUT2D eigenvalue weighted by atomic mass is 9.95. The molecule has 0 fully saturated rings. The standard InChI is InChI=1S/C17H30N2O/c1-7-15(8-2)16(20)10-18-13(5)17-11(3)9-12(4)19-14(17)6/h9,13,15-16,18,20H,7-8,10H2,1-6H3. The zero-order valence-corrected chi connectivity index (χ0v) is 13.8. The van der Waals surface area contributed by atoms with E-state index in [-0.39, 0.29) is 12.1 Å². The van der Waals surface area contributed by atoms with Crippen LogP contribution >= 0.6 is 0 Å². The number of hydrogen-bond donors (Lipinski definition) is 2.